The highest BCUT2D eigenvalue weighted by Gasteiger charge is 2.92. The van der Waals surface area contributed by atoms with E-state index < -0.39 is 67.3 Å². The van der Waals surface area contributed by atoms with Gasteiger partial charge in [0.15, 0.2) is 23.1 Å². The van der Waals surface area contributed by atoms with E-state index in [1.807, 2.05) is 27.7 Å². The second-order valence-corrected chi connectivity index (χ2v) is 15.9. The van der Waals surface area contributed by atoms with E-state index in [0.29, 0.717) is 23.0 Å². The van der Waals surface area contributed by atoms with E-state index in [2.05, 4.69) is 30.4 Å². The lowest BCUT2D eigenvalue weighted by atomic mass is 10.1. The summed E-state index contributed by atoms with van der Waals surface area (Å²) in [5.41, 5.74) is 4.59. The zero-order valence-electron chi connectivity index (χ0n) is 28.6. The first-order chi connectivity index (χ1) is 23.1. The first kappa shape index (κ1) is 35.3. The SMILES string of the molecule is COC(=O)C(CC(C)C)NP(=O)(NC(CC(C)C)C(=O)OC)OC[C@H]1OC2(C)[C@@H](n3cnc4c(NC5CC5)nc(N)nc43)C23OC(=O)OC13. The number of rotatable bonds is 16. The molecule has 2 saturated carbocycles. The van der Waals surface area contributed by atoms with Crippen LogP contribution in [0.4, 0.5) is 16.6 Å². The van der Waals surface area contributed by atoms with Gasteiger partial charge in [0.05, 0.1) is 27.2 Å². The van der Waals surface area contributed by atoms with Gasteiger partial charge < -0.3 is 43.8 Å². The summed E-state index contributed by atoms with van der Waals surface area (Å²) >= 11 is 0. The van der Waals surface area contributed by atoms with Crippen molar-refractivity contribution in [3.8, 4) is 0 Å². The van der Waals surface area contributed by atoms with Crippen LogP contribution in [0.5, 0.6) is 0 Å². The zero-order chi connectivity index (χ0) is 35.5. The normalized spacial score (nSPS) is 29.5. The van der Waals surface area contributed by atoms with E-state index in [1.54, 1.807) is 17.8 Å². The number of imidazole rings is 1. The predicted octanol–water partition coefficient (Wildman–Crippen LogP) is 2.45. The molecule has 2 aromatic rings. The van der Waals surface area contributed by atoms with Crippen molar-refractivity contribution in [1.82, 2.24) is 29.7 Å². The molecule has 0 radical (unpaired) electrons. The van der Waals surface area contributed by atoms with Crippen LogP contribution in [0, 0.1) is 11.8 Å². The Morgan fingerprint density at radius 1 is 1.08 bits per heavy atom. The number of fused-ring (bicyclic) bond motifs is 1. The van der Waals surface area contributed by atoms with Crippen LogP contribution in [0.15, 0.2) is 6.33 Å². The lowest BCUT2D eigenvalue weighted by Crippen LogP contribution is -2.46. The second kappa shape index (κ2) is 13.0. The highest BCUT2D eigenvalue weighted by Crippen LogP contribution is 2.72. The van der Waals surface area contributed by atoms with Gasteiger partial charge in [0.25, 0.3) is 0 Å². The number of aromatic nitrogens is 4. The number of nitrogens with two attached hydrogens (primary N) is 1. The van der Waals surface area contributed by atoms with Gasteiger partial charge in [-0.25, -0.2) is 20.0 Å². The van der Waals surface area contributed by atoms with E-state index in [1.165, 1.54) is 14.2 Å². The fourth-order valence-electron chi connectivity index (χ4n) is 7.02. The van der Waals surface area contributed by atoms with Crippen LogP contribution in [0.2, 0.25) is 0 Å². The largest absolute Gasteiger partial charge is 0.509 e. The van der Waals surface area contributed by atoms with Crippen molar-refractivity contribution >= 4 is 48.7 Å². The molecule has 6 rings (SSSR count). The Bertz CT molecular complexity index is 1630. The van der Waals surface area contributed by atoms with Crippen molar-refractivity contribution in [3.05, 3.63) is 6.33 Å². The highest BCUT2D eigenvalue weighted by atomic mass is 31.2. The maximum Gasteiger partial charge on any atom is 0.509 e. The molecule has 18 nitrogen and oxygen atoms in total. The summed E-state index contributed by atoms with van der Waals surface area (Å²) in [6.45, 7) is 8.97. The molecule has 2 saturated heterocycles. The smallest absolute Gasteiger partial charge is 0.468 e. The maximum absolute atomic E-state index is 14.6. The van der Waals surface area contributed by atoms with Crippen molar-refractivity contribution in [1.29, 1.82) is 0 Å². The van der Waals surface area contributed by atoms with Gasteiger partial charge in [-0.2, -0.15) is 9.97 Å². The summed E-state index contributed by atoms with van der Waals surface area (Å²) in [6.07, 6.45) is 1.30. The van der Waals surface area contributed by atoms with E-state index in [0.717, 1.165) is 12.8 Å². The Morgan fingerprint density at radius 2 is 1.69 bits per heavy atom. The lowest BCUT2D eigenvalue weighted by Gasteiger charge is -2.30. The third-order valence-corrected chi connectivity index (χ3v) is 11.2. The van der Waals surface area contributed by atoms with E-state index in [4.69, 9.17) is 33.9 Å². The molecule has 19 heteroatoms. The number of carbonyl (C=O) groups is 3. The number of nitrogens with zero attached hydrogens (tertiary/aromatic N) is 4. The lowest BCUT2D eigenvalue weighted by molar-refractivity contribution is -0.143. The number of nitrogen functional groups attached to an aromatic ring is 1. The average Bonchev–Trinajstić information content (AvgIpc) is 3.77. The maximum atomic E-state index is 14.6. The summed E-state index contributed by atoms with van der Waals surface area (Å²) in [6, 6.07) is -2.39. The van der Waals surface area contributed by atoms with Crippen molar-refractivity contribution in [2.24, 2.45) is 11.8 Å². The summed E-state index contributed by atoms with van der Waals surface area (Å²) in [5.74, 6) is -0.728. The molecule has 0 aromatic carbocycles. The molecule has 0 bridgehead atoms. The second-order valence-electron chi connectivity index (χ2n) is 14.0. The molecule has 5 N–H and O–H groups in total. The topological polar surface area (TPSA) is 229 Å². The van der Waals surface area contributed by atoms with E-state index >= 15 is 0 Å². The Labute approximate surface area is 283 Å². The summed E-state index contributed by atoms with van der Waals surface area (Å²) in [7, 11) is -1.79. The fraction of sp³-hybridized carbons (Fsp3) is 0.733. The number of hydrogen-bond acceptors (Lipinski definition) is 15. The number of methoxy groups -OCH3 is 2. The monoisotopic (exact) mass is 708 g/mol. The minimum absolute atomic E-state index is 0.00892. The van der Waals surface area contributed by atoms with Gasteiger partial charge in [0.2, 0.25) is 11.5 Å². The summed E-state index contributed by atoms with van der Waals surface area (Å²) < 4.78 is 50.3. The average molecular weight is 709 g/mol. The fourth-order valence-corrected chi connectivity index (χ4v) is 8.85. The van der Waals surface area contributed by atoms with Crippen molar-refractivity contribution in [3.63, 3.8) is 0 Å². The molecule has 0 amide bonds. The summed E-state index contributed by atoms with van der Waals surface area (Å²) in [5, 5.41) is 8.93. The Kier molecular flexibility index (Phi) is 9.32. The quantitative estimate of drug-likeness (QED) is 0.111. The van der Waals surface area contributed by atoms with Crippen molar-refractivity contribution in [2.75, 3.05) is 31.9 Å². The molecule has 4 heterocycles. The third kappa shape index (κ3) is 6.44. The molecule has 4 fully saturated rings. The van der Waals surface area contributed by atoms with Crippen LogP contribution >= 0.6 is 7.67 Å². The number of anilines is 2. The van der Waals surface area contributed by atoms with Gasteiger partial charge in [-0.15, -0.1) is 0 Å². The predicted molar refractivity (Wildman–Crippen MR) is 173 cm³/mol. The molecule has 270 valence electrons. The number of esters is 2. The molecule has 4 aliphatic rings. The molecular formula is C30H45N8O10P. The van der Waals surface area contributed by atoms with Crippen molar-refractivity contribution < 1.29 is 47.2 Å². The molecule has 2 aliphatic carbocycles. The first-order valence-corrected chi connectivity index (χ1v) is 18.1. The Balaban J connectivity index is 1.26. The zero-order valence-corrected chi connectivity index (χ0v) is 29.5. The van der Waals surface area contributed by atoms with Gasteiger partial charge >= 0.3 is 25.8 Å². The van der Waals surface area contributed by atoms with Crippen LogP contribution in [-0.4, -0.2) is 100.0 Å². The van der Waals surface area contributed by atoms with Crippen LogP contribution < -0.4 is 21.2 Å². The number of carbonyl (C=O) groups excluding carboxylic acids is 3. The third-order valence-electron chi connectivity index (χ3n) is 9.35. The Hall–Kier alpha value is -3.57. The van der Waals surface area contributed by atoms with Crippen LogP contribution in [-0.2, 0) is 42.4 Å². The Morgan fingerprint density at radius 3 is 2.24 bits per heavy atom. The van der Waals surface area contributed by atoms with Gasteiger partial charge in [0, 0.05) is 6.04 Å². The number of hydrogen-bond donors (Lipinski definition) is 4. The highest BCUT2D eigenvalue weighted by molar-refractivity contribution is 7.54. The molecule has 1 spiro atoms. The number of ether oxygens (including phenoxy) is 5. The molecule has 5 unspecified atom stereocenters. The van der Waals surface area contributed by atoms with Gasteiger partial charge in [0.1, 0.15) is 29.8 Å². The van der Waals surface area contributed by atoms with Crippen LogP contribution in [0.3, 0.4) is 0 Å². The number of nitrogens with one attached hydrogen (secondary N) is 3. The van der Waals surface area contributed by atoms with Gasteiger partial charge in [-0.05, 0) is 44.4 Å². The van der Waals surface area contributed by atoms with Gasteiger partial charge in [-0.1, -0.05) is 27.7 Å². The molecule has 2 aromatic heterocycles. The van der Waals surface area contributed by atoms with E-state index in [-0.39, 0.29) is 37.2 Å². The standard InChI is InChI=1S/C30H45N8O10P/c1-14(2)10-17(24(39)43-6)36-49(42,37-18(11-15(3)4)25(40)44-7)45-12-19-21-30(48-28(41)46-21)26(29(30,5)47-19)38-13-32-20-22(33-16-8-9-16)34-27(31)35-23(20)38/h13-19,21,26H,8-12H2,1-7H3,(H2,36,37,42)(H3,31,33,34,35)/t17?,18?,19-,21?,26-,29?,30?,49?/m1/s1. The molecule has 7 atom stereocenters. The van der Waals surface area contributed by atoms with Crippen molar-refractivity contribution in [2.45, 2.75) is 108 Å². The van der Waals surface area contributed by atoms with Crippen LogP contribution in [0.1, 0.15) is 66.3 Å². The minimum Gasteiger partial charge on any atom is -0.468 e. The van der Waals surface area contributed by atoms with E-state index in [9.17, 15) is 18.9 Å². The minimum atomic E-state index is -4.24. The molecular weight excluding hydrogens is 663 g/mol. The van der Waals surface area contributed by atoms with Crippen LogP contribution in [0.25, 0.3) is 11.2 Å². The first-order valence-electron chi connectivity index (χ1n) is 16.4. The van der Waals surface area contributed by atoms with Gasteiger partial charge in [-0.3, -0.25) is 14.2 Å². The molecule has 49 heavy (non-hydrogen) atoms. The molecule has 2 aliphatic heterocycles. The summed E-state index contributed by atoms with van der Waals surface area (Å²) in [4.78, 5) is 51.5.